The van der Waals surface area contributed by atoms with Crippen molar-refractivity contribution in [2.24, 2.45) is 0 Å². The van der Waals surface area contributed by atoms with E-state index >= 15 is 0 Å². The Kier molecular flexibility index (Phi) is 5.16. The molecule has 1 amide bonds. The lowest BCUT2D eigenvalue weighted by atomic mass is 10.1. The summed E-state index contributed by atoms with van der Waals surface area (Å²) >= 11 is 0. The minimum absolute atomic E-state index is 0.112. The summed E-state index contributed by atoms with van der Waals surface area (Å²) in [6.45, 7) is 4.55. The molecular weight excluding hydrogens is 328 g/mol. The molecule has 1 heterocycles. The largest absolute Gasteiger partial charge is 0.465 e. The molecule has 0 aliphatic carbocycles. The van der Waals surface area contributed by atoms with E-state index in [1.807, 2.05) is 0 Å². The van der Waals surface area contributed by atoms with Gasteiger partial charge >= 0.3 is 11.7 Å². The molecular formula is C16H18N4O5. The molecule has 0 radical (unpaired) electrons. The van der Waals surface area contributed by atoms with Gasteiger partial charge < -0.3 is 10.1 Å². The third-order valence-corrected chi connectivity index (χ3v) is 3.76. The van der Waals surface area contributed by atoms with Crippen molar-refractivity contribution >= 4 is 23.3 Å². The predicted molar refractivity (Wildman–Crippen MR) is 89.5 cm³/mol. The van der Waals surface area contributed by atoms with Crippen LogP contribution in [0, 0.1) is 30.9 Å². The molecule has 0 atom stereocenters. The summed E-state index contributed by atoms with van der Waals surface area (Å²) in [5.41, 5.74) is 1.65. The number of nitrogens with one attached hydrogen (secondary N) is 1. The van der Waals surface area contributed by atoms with Crippen LogP contribution in [0.2, 0.25) is 0 Å². The number of anilines is 1. The van der Waals surface area contributed by atoms with Crippen LogP contribution in [0.3, 0.4) is 0 Å². The van der Waals surface area contributed by atoms with Crippen LogP contribution in [0.25, 0.3) is 0 Å². The molecule has 0 aliphatic heterocycles. The number of carbonyl (C=O) groups is 2. The fourth-order valence-electron chi connectivity index (χ4n) is 2.58. The standard InChI is InChI=1S/C16H18N4O5/c1-9-6-5-7-12(14(9)16(22)25-4)17-13(21)8-19-11(3)15(20(23)24)10(2)18-19/h5-7H,8H2,1-4H3,(H,17,21). The van der Waals surface area contributed by atoms with Crippen molar-refractivity contribution in [1.82, 2.24) is 9.78 Å². The van der Waals surface area contributed by atoms with E-state index in [9.17, 15) is 19.7 Å². The van der Waals surface area contributed by atoms with Crippen LogP contribution >= 0.6 is 0 Å². The number of aryl methyl sites for hydroxylation is 2. The minimum atomic E-state index is -0.560. The first-order chi connectivity index (χ1) is 11.8. The first-order valence-corrected chi connectivity index (χ1v) is 7.42. The SMILES string of the molecule is COC(=O)c1c(C)cccc1NC(=O)Cn1nc(C)c([N+](=O)[O-])c1C. The maximum atomic E-state index is 12.3. The van der Waals surface area contributed by atoms with Crippen LogP contribution in [0.5, 0.6) is 0 Å². The molecule has 0 saturated carbocycles. The Morgan fingerprint density at radius 1 is 1.32 bits per heavy atom. The van der Waals surface area contributed by atoms with Crippen molar-refractivity contribution in [3.63, 3.8) is 0 Å². The molecule has 9 heteroatoms. The van der Waals surface area contributed by atoms with Crippen LogP contribution in [0.4, 0.5) is 11.4 Å². The summed E-state index contributed by atoms with van der Waals surface area (Å²) in [6, 6.07) is 5.01. The number of hydrogen-bond donors (Lipinski definition) is 1. The van der Waals surface area contributed by atoms with Crippen LogP contribution in [0.1, 0.15) is 27.3 Å². The number of hydrogen-bond acceptors (Lipinski definition) is 6. The van der Waals surface area contributed by atoms with Gasteiger partial charge in [0.15, 0.2) is 0 Å². The zero-order valence-corrected chi connectivity index (χ0v) is 14.3. The van der Waals surface area contributed by atoms with E-state index in [1.165, 1.54) is 25.6 Å². The molecule has 25 heavy (non-hydrogen) atoms. The highest BCUT2D eigenvalue weighted by Crippen LogP contribution is 2.23. The molecule has 0 saturated heterocycles. The number of nitro groups is 1. The number of aromatic nitrogens is 2. The Balaban J connectivity index is 2.25. The quantitative estimate of drug-likeness (QED) is 0.504. The summed E-state index contributed by atoms with van der Waals surface area (Å²) in [5.74, 6) is -1.02. The second-order valence-electron chi connectivity index (χ2n) is 5.47. The number of nitrogens with zero attached hydrogens (tertiary/aromatic N) is 3. The number of esters is 1. The van der Waals surface area contributed by atoms with Gasteiger partial charge in [-0.05, 0) is 32.4 Å². The lowest BCUT2D eigenvalue weighted by molar-refractivity contribution is -0.386. The third kappa shape index (κ3) is 3.65. The number of rotatable bonds is 5. The zero-order chi connectivity index (χ0) is 18.7. The fraction of sp³-hybridized carbons (Fsp3) is 0.312. The van der Waals surface area contributed by atoms with E-state index in [0.717, 1.165) is 0 Å². The van der Waals surface area contributed by atoms with Crippen LogP contribution in [-0.4, -0.2) is 33.7 Å². The van der Waals surface area contributed by atoms with Crippen molar-refractivity contribution < 1.29 is 19.2 Å². The molecule has 0 aliphatic rings. The summed E-state index contributed by atoms with van der Waals surface area (Å²) in [4.78, 5) is 34.7. The third-order valence-electron chi connectivity index (χ3n) is 3.76. The van der Waals surface area contributed by atoms with Crippen LogP contribution in [0.15, 0.2) is 18.2 Å². The van der Waals surface area contributed by atoms with Crippen molar-refractivity contribution in [2.75, 3.05) is 12.4 Å². The zero-order valence-electron chi connectivity index (χ0n) is 14.3. The average molecular weight is 346 g/mol. The fourth-order valence-corrected chi connectivity index (χ4v) is 2.58. The van der Waals surface area contributed by atoms with Gasteiger partial charge in [0.05, 0.1) is 23.3 Å². The normalized spacial score (nSPS) is 10.4. The molecule has 0 fully saturated rings. The Morgan fingerprint density at radius 3 is 2.56 bits per heavy atom. The average Bonchev–Trinajstić information content (AvgIpc) is 2.80. The van der Waals surface area contributed by atoms with Crippen molar-refractivity contribution in [3.05, 3.63) is 50.8 Å². The lowest BCUT2D eigenvalue weighted by Crippen LogP contribution is -2.22. The summed E-state index contributed by atoms with van der Waals surface area (Å²) in [5, 5.41) is 17.7. The molecule has 1 aromatic heterocycles. The van der Waals surface area contributed by atoms with Gasteiger partial charge in [-0.1, -0.05) is 12.1 Å². The maximum Gasteiger partial charge on any atom is 0.340 e. The van der Waals surface area contributed by atoms with Gasteiger partial charge in [0, 0.05) is 0 Å². The predicted octanol–water partition coefficient (Wildman–Crippen LogP) is 2.14. The number of benzene rings is 1. The van der Waals surface area contributed by atoms with Gasteiger partial charge in [-0.2, -0.15) is 5.10 Å². The van der Waals surface area contributed by atoms with Gasteiger partial charge in [-0.15, -0.1) is 0 Å². The van der Waals surface area contributed by atoms with E-state index in [0.29, 0.717) is 11.3 Å². The van der Waals surface area contributed by atoms with E-state index in [2.05, 4.69) is 10.4 Å². The monoisotopic (exact) mass is 346 g/mol. The Morgan fingerprint density at radius 2 is 2.00 bits per heavy atom. The molecule has 2 rings (SSSR count). The molecule has 0 unspecified atom stereocenters. The highest BCUT2D eigenvalue weighted by Gasteiger charge is 2.23. The minimum Gasteiger partial charge on any atom is -0.465 e. The van der Waals surface area contributed by atoms with Gasteiger partial charge in [-0.25, -0.2) is 4.79 Å². The Labute approximate surface area is 143 Å². The van der Waals surface area contributed by atoms with Gasteiger partial charge in [0.1, 0.15) is 17.9 Å². The van der Waals surface area contributed by atoms with Crippen molar-refractivity contribution in [3.8, 4) is 0 Å². The molecule has 132 valence electrons. The second-order valence-corrected chi connectivity index (χ2v) is 5.47. The number of amides is 1. The van der Waals surface area contributed by atoms with E-state index in [4.69, 9.17) is 4.74 Å². The molecule has 1 N–H and O–H groups in total. The van der Waals surface area contributed by atoms with Crippen LogP contribution < -0.4 is 5.32 Å². The van der Waals surface area contributed by atoms with E-state index < -0.39 is 16.8 Å². The molecule has 1 aromatic carbocycles. The van der Waals surface area contributed by atoms with Crippen molar-refractivity contribution in [1.29, 1.82) is 0 Å². The molecule has 9 nitrogen and oxygen atoms in total. The van der Waals surface area contributed by atoms with Gasteiger partial charge in [0.2, 0.25) is 5.91 Å². The van der Waals surface area contributed by atoms with E-state index in [1.54, 1.807) is 25.1 Å². The summed E-state index contributed by atoms with van der Waals surface area (Å²) < 4.78 is 6.00. The maximum absolute atomic E-state index is 12.3. The summed E-state index contributed by atoms with van der Waals surface area (Å²) in [7, 11) is 1.26. The molecule has 0 spiro atoms. The summed E-state index contributed by atoms with van der Waals surface area (Å²) in [6.07, 6.45) is 0. The van der Waals surface area contributed by atoms with Crippen molar-refractivity contribution in [2.45, 2.75) is 27.3 Å². The molecule has 0 bridgehead atoms. The first-order valence-electron chi connectivity index (χ1n) is 7.42. The number of methoxy groups -OCH3 is 1. The Hall–Kier alpha value is -3.23. The molecule has 2 aromatic rings. The van der Waals surface area contributed by atoms with Gasteiger partial charge in [0.25, 0.3) is 0 Å². The lowest BCUT2D eigenvalue weighted by Gasteiger charge is -2.12. The second kappa shape index (κ2) is 7.12. The highest BCUT2D eigenvalue weighted by atomic mass is 16.6. The first kappa shape index (κ1) is 18.1. The Bertz CT molecular complexity index is 856. The van der Waals surface area contributed by atoms with Crippen LogP contribution in [-0.2, 0) is 16.1 Å². The van der Waals surface area contributed by atoms with E-state index in [-0.39, 0.29) is 29.2 Å². The van der Waals surface area contributed by atoms with Gasteiger partial charge in [-0.3, -0.25) is 19.6 Å². The smallest absolute Gasteiger partial charge is 0.340 e. The number of carbonyl (C=O) groups excluding carboxylic acids is 2. The highest BCUT2D eigenvalue weighted by molar-refractivity contribution is 6.02. The topological polar surface area (TPSA) is 116 Å². The number of ether oxygens (including phenoxy) is 1.